The van der Waals surface area contributed by atoms with Crippen LogP contribution in [0.1, 0.15) is 5.56 Å². The number of nitro groups is 1. The molecule has 1 heterocycles. The summed E-state index contributed by atoms with van der Waals surface area (Å²) in [5.74, 6) is -1.73. The Balaban J connectivity index is 2.57. The molecule has 0 atom stereocenters. The number of nitro benzene ring substituents is 1. The molecular weight excluding hydrogens is 301 g/mol. The van der Waals surface area contributed by atoms with Crippen LogP contribution in [0.15, 0.2) is 24.3 Å². The minimum absolute atomic E-state index is 0.0828. The summed E-state index contributed by atoms with van der Waals surface area (Å²) in [6.07, 6.45) is 0. The molecule has 0 saturated heterocycles. The maximum Gasteiger partial charge on any atom is 0.271 e. The van der Waals surface area contributed by atoms with Crippen molar-refractivity contribution in [2.24, 2.45) is 0 Å². The zero-order valence-corrected chi connectivity index (χ0v) is 11.2. The minimum Gasteiger partial charge on any atom is -0.494 e. The fourth-order valence-corrected chi connectivity index (χ4v) is 2.21. The van der Waals surface area contributed by atoms with E-state index in [0.717, 1.165) is 40.6 Å². The van der Waals surface area contributed by atoms with Crippen LogP contribution in [0.2, 0.25) is 0 Å². The molecule has 2 rings (SSSR count). The molecule has 0 spiro atoms. The Labute approximate surface area is 122 Å². The number of rotatable bonds is 4. The third-order valence-corrected chi connectivity index (χ3v) is 3.29. The number of non-ortho nitro benzene ring substituents is 1. The van der Waals surface area contributed by atoms with Crippen molar-refractivity contribution < 1.29 is 19.5 Å². The molecule has 0 fully saturated rings. The van der Waals surface area contributed by atoms with E-state index in [4.69, 9.17) is 5.26 Å². The van der Waals surface area contributed by atoms with Gasteiger partial charge >= 0.3 is 0 Å². The van der Waals surface area contributed by atoms with E-state index >= 15 is 0 Å². The quantitative estimate of drug-likeness (QED) is 0.510. The van der Waals surface area contributed by atoms with Gasteiger partial charge in [0.25, 0.3) is 5.69 Å². The second kappa shape index (κ2) is 5.72. The lowest BCUT2D eigenvalue weighted by molar-refractivity contribution is -0.384. The lowest BCUT2D eigenvalue weighted by atomic mass is 10.2. The number of aromatic hydroxyl groups is 2. The normalized spacial score (nSPS) is 10.3. The third-order valence-electron chi connectivity index (χ3n) is 2.71. The Kier molecular flexibility index (Phi) is 4.00. The number of benzene rings is 1. The fourth-order valence-electron chi connectivity index (χ4n) is 1.78. The molecule has 0 amide bonds. The van der Waals surface area contributed by atoms with Gasteiger partial charge in [0.2, 0.25) is 5.88 Å². The highest BCUT2D eigenvalue weighted by Crippen LogP contribution is 2.35. The lowest BCUT2D eigenvalue weighted by Gasteiger charge is -2.08. The van der Waals surface area contributed by atoms with Gasteiger partial charge in [0.15, 0.2) is 5.88 Å². The predicted octanol–water partition coefficient (Wildman–Crippen LogP) is 2.65. The summed E-state index contributed by atoms with van der Waals surface area (Å²) in [4.78, 5) is 10.0. The van der Waals surface area contributed by atoms with Gasteiger partial charge in [-0.05, 0) is 17.8 Å². The molecule has 2 aromatic rings. The third kappa shape index (κ3) is 2.75. The number of hydrogen-bond donors (Lipinski definition) is 2. The van der Waals surface area contributed by atoms with Crippen LogP contribution in [0.3, 0.4) is 0 Å². The molecular formula is C12H8FN3O4S. The first-order valence-electron chi connectivity index (χ1n) is 5.53. The van der Waals surface area contributed by atoms with Crippen molar-refractivity contribution in [2.45, 2.75) is 5.75 Å². The minimum atomic E-state index is -0.846. The van der Waals surface area contributed by atoms with Gasteiger partial charge in [0.1, 0.15) is 11.2 Å². The van der Waals surface area contributed by atoms with Crippen molar-refractivity contribution in [1.29, 1.82) is 5.26 Å². The van der Waals surface area contributed by atoms with E-state index in [1.54, 1.807) is 5.40 Å². The van der Waals surface area contributed by atoms with Gasteiger partial charge in [-0.2, -0.15) is 5.26 Å². The Morgan fingerprint density at radius 1 is 1.43 bits per heavy atom. The van der Waals surface area contributed by atoms with Crippen LogP contribution < -0.4 is 0 Å². The molecule has 108 valence electrons. The predicted molar refractivity (Wildman–Crippen MR) is 72.6 cm³/mol. The van der Waals surface area contributed by atoms with Crippen LogP contribution in [0, 0.1) is 26.6 Å². The van der Waals surface area contributed by atoms with Gasteiger partial charge in [0, 0.05) is 29.5 Å². The standard InChI is InChI=1S/C12H8FN3O4S/c13-9-2-1-8(16(19)20)4-10(9)15-11(17)3-7(12(15)18)5-21-6-14/h1-4,17-18H,5H2. The number of nitriles is 1. The van der Waals surface area contributed by atoms with E-state index in [-0.39, 0.29) is 22.7 Å². The molecule has 1 aromatic heterocycles. The summed E-state index contributed by atoms with van der Waals surface area (Å²) < 4.78 is 14.6. The van der Waals surface area contributed by atoms with Gasteiger partial charge in [-0.3, -0.25) is 10.1 Å². The van der Waals surface area contributed by atoms with Crippen LogP contribution in [0.4, 0.5) is 10.1 Å². The van der Waals surface area contributed by atoms with Crippen molar-refractivity contribution in [3.8, 4) is 22.8 Å². The summed E-state index contributed by atoms with van der Waals surface area (Å²) in [5, 5.41) is 40.8. The van der Waals surface area contributed by atoms with E-state index in [1.807, 2.05) is 0 Å². The first-order valence-corrected chi connectivity index (χ1v) is 6.52. The van der Waals surface area contributed by atoms with E-state index in [0.29, 0.717) is 0 Å². The molecule has 7 nitrogen and oxygen atoms in total. The molecule has 2 N–H and O–H groups in total. The van der Waals surface area contributed by atoms with E-state index in [2.05, 4.69) is 0 Å². The second-order valence-corrected chi connectivity index (χ2v) is 4.72. The Morgan fingerprint density at radius 3 is 2.76 bits per heavy atom. The Hall–Kier alpha value is -2.73. The van der Waals surface area contributed by atoms with Gasteiger partial charge in [0.05, 0.1) is 10.6 Å². The molecule has 0 aliphatic heterocycles. The number of hydrogen-bond acceptors (Lipinski definition) is 6. The first-order chi connectivity index (χ1) is 9.95. The highest BCUT2D eigenvalue weighted by molar-refractivity contribution is 8.02. The number of thiocyanates is 1. The van der Waals surface area contributed by atoms with Crippen LogP contribution >= 0.6 is 11.8 Å². The summed E-state index contributed by atoms with van der Waals surface area (Å²) in [6, 6.07) is 3.91. The van der Waals surface area contributed by atoms with Crippen LogP contribution in [0.5, 0.6) is 11.8 Å². The number of thioether (sulfide) groups is 1. The van der Waals surface area contributed by atoms with Gasteiger partial charge in [-0.25, -0.2) is 8.96 Å². The number of halogens is 1. The zero-order chi connectivity index (χ0) is 15.6. The molecule has 21 heavy (non-hydrogen) atoms. The van der Waals surface area contributed by atoms with E-state index in [1.165, 1.54) is 0 Å². The van der Waals surface area contributed by atoms with Gasteiger partial charge in [-0.15, -0.1) is 0 Å². The lowest BCUT2D eigenvalue weighted by Crippen LogP contribution is -1.99. The monoisotopic (exact) mass is 309 g/mol. The number of aromatic nitrogens is 1. The first kappa shape index (κ1) is 14.7. The van der Waals surface area contributed by atoms with Gasteiger partial charge < -0.3 is 10.2 Å². The molecule has 0 unspecified atom stereocenters. The average Bonchev–Trinajstić information content (AvgIpc) is 2.72. The van der Waals surface area contributed by atoms with Crippen LogP contribution in [-0.4, -0.2) is 19.7 Å². The Bertz CT molecular complexity index is 754. The maximum absolute atomic E-state index is 13.8. The maximum atomic E-state index is 13.8. The summed E-state index contributed by atoms with van der Waals surface area (Å²) in [7, 11) is 0. The topological polar surface area (TPSA) is 112 Å². The number of nitrogens with zero attached hydrogens (tertiary/aromatic N) is 3. The van der Waals surface area contributed by atoms with Crippen molar-refractivity contribution in [3.63, 3.8) is 0 Å². The van der Waals surface area contributed by atoms with E-state index < -0.39 is 22.5 Å². The zero-order valence-electron chi connectivity index (χ0n) is 10.4. The molecule has 0 bridgehead atoms. The molecule has 0 saturated carbocycles. The smallest absolute Gasteiger partial charge is 0.271 e. The molecule has 0 radical (unpaired) electrons. The van der Waals surface area contributed by atoms with Crippen molar-refractivity contribution in [2.75, 3.05) is 0 Å². The highest BCUT2D eigenvalue weighted by Gasteiger charge is 2.20. The molecule has 1 aromatic carbocycles. The van der Waals surface area contributed by atoms with Crippen LogP contribution in [-0.2, 0) is 5.75 Å². The van der Waals surface area contributed by atoms with Crippen molar-refractivity contribution in [1.82, 2.24) is 4.57 Å². The molecule has 0 aliphatic carbocycles. The molecule has 0 aliphatic rings. The van der Waals surface area contributed by atoms with E-state index in [9.17, 15) is 24.7 Å². The van der Waals surface area contributed by atoms with Crippen molar-refractivity contribution in [3.05, 3.63) is 45.8 Å². The largest absolute Gasteiger partial charge is 0.494 e. The second-order valence-electron chi connectivity index (χ2n) is 3.96. The highest BCUT2D eigenvalue weighted by atomic mass is 32.2. The molecule has 9 heteroatoms. The SMILES string of the molecule is N#CSCc1cc(O)n(-c2cc([N+](=O)[O-])ccc2F)c1O. The van der Waals surface area contributed by atoms with Crippen LogP contribution in [0.25, 0.3) is 5.69 Å². The Morgan fingerprint density at radius 2 is 2.14 bits per heavy atom. The summed E-state index contributed by atoms with van der Waals surface area (Å²) in [5.41, 5.74) is -0.524. The average molecular weight is 309 g/mol. The summed E-state index contributed by atoms with van der Waals surface area (Å²) in [6.45, 7) is 0. The van der Waals surface area contributed by atoms with Crippen molar-refractivity contribution >= 4 is 17.4 Å². The van der Waals surface area contributed by atoms with Gasteiger partial charge in [-0.1, -0.05) is 0 Å². The fraction of sp³-hybridized carbons (Fsp3) is 0.0833. The summed E-state index contributed by atoms with van der Waals surface area (Å²) >= 11 is 0.824.